The molecule has 3 heteroatoms. The molecule has 0 fully saturated rings. The van der Waals surface area contributed by atoms with Crippen LogP contribution in [-0.2, 0) is 5.41 Å². The molecule has 57 heavy (non-hydrogen) atoms. The van der Waals surface area contributed by atoms with Crippen molar-refractivity contribution in [1.29, 1.82) is 0 Å². The van der Waals surface area contributed by atoms with Gasteiger partial charge >= 0.3 is 0 Å². The van der Waals surface area contributed by atoms with Crippen molar-refractivity contribution in [2.45, 2.75) is 52.9 Å². The van der Waals surface area contributed by atoms with E-state index in [9.17, 15) is 0 Å². The molecule has 3 nitrogen and oxygen atoms in total. The van der Waals surface area contributed by atoms with Crippen LogP contribution in [0.2, 0.25) is 0 Å². The Hall–Kier alpha value is -6.58. The van der Waals surface area contributed by atoms with Crippen LogP contribution in [0, 0.1) is 6.92 Å². The minimum absolute atomic E-state index is 0.128. The van der Waals surface area contributed by atoms with Crippen LogP contribution in [0.25, 0.3) is 55.9 Å². The lowest BCUT2D eigenvalue weighted by Gasteiger charge is -2.31. The maximum Gasteiger partial charge on any atom is 0.0709 e. The van der Waals surface area contributed by atoms with Gasteiger partial charge < -0.3 is 4.90 Å². The molecule has 0 aliphatic carbocycles. The molecule has 8 aromatic rings. The van der Waals surface area contributed by atoms with E-state index in [1.54, 1.807) is 0 Å². The Bertz CT molecular complexity index is 2640. The second-order valence-corrected chi connectivity index (χ2v) is 16.3. The summed E-state index contributed by atoms with van der Waals surface area (Å²) < 4.78 is 0. The van der Waals surface area contributed by atoms with Crippen LogP contribution in [0.1, 0.15) is 57.2 Å². The van der Waals surface area contributed by atoms with Gasteiger partial charge in [-0.1, -0.05) is 144 Å². The van der Waals surface area contributed by atoms with Gasteiger partial charge in [0.1, 0.15) is 0 Å². The second-order valence-electron chi connectivity index (χ2n) is 16.3. The third kappa shape index (κ3) is 8.06. The maximum atomic E-state index is 5.05. The normalized spacial score (nSPS) is 11.5. The van der Waals surface area contributed by atoms with Gasteiger partial charge in [-0.25, -0.2) is 0 Å². The number of rotatable bonds is 9. The van der Waals surface area contributed by atoms with E-state index >= 15 is 0 Å². The Morgan fingerprint density at radius 1 is 0.474 bits per heavy atom. The summed E-state index contributed by atoms with van der Waals surface area (Å²) in [7, 11) is 0. The summed E-state index contributed by atoms with van der Waals surface area (Å²) in [6.45, 7) is 13.5. The molecular formula is C54H49N3. The summed E-state index contributed by atoms with van der Waals surface area (Å²) >= 11 is 0. The minimum Gasteiger partial charge on any atom is -0.310 e. The lowest BCUT2D eigenvalue weighted by molar-refractivity contribution is 0.590. The summed E-state index contributed by atoms with van der Waals surface area (Å²) in [6.07, 6.45) is 3.94. The van der Waals surface area contributed by atoms with Crippen molar-refractivity contribution < 1.29 is 0 Å². The summed E-state index contributed by atoms with van der Waals surface area (Å²) in [5.41, 5.74) is 17.8. The van der Waals surface area contributed by atoms with Gasteiger partial charge in [0.15, 0.2) is 0 Å². The fourth-order valence-corrected chi connectivity index (χ4v) is 7.53. The highest BCUT2D eigenvalue weighted by Gasteiger charge is 2.24. The highest BCUT2D eigenvalue weighted by molar-refractivity contribution is 5.91. The van der Waals surface area contributed by atoms with Crippen LogP contribution in [0.4, 0.5) is 17.1 Å². The Morgan fingerprint density at radius 2 is 1.04 bits per heavy atom. The Kier molecular flexibility index (Phi) is 10.4. The fraction of sp³-hybridized carbons (Fsp3) is 0.148. The van der Waals surface area contributed by atoms with Crippen molar-refractivity contribution in [2.24, 2.45) is 0 Å². The number of benzene rings is 6. The number of aromatic nitrogens is 2. The first-order valence-electron chi connectivity index (χ1n) is 19.9. The van der Waals surface area contributed by atoms with Crippen LogP contribution in [-0.4, -0.2) is 9.97 Å². The molecule has 0 unspecified atom stereocenters. The summed E-state index contributed by atoms with van der Waals surface area (Å²) in [5, 5.41) is 0. The first-order chi connectivity index (χ1) is 27.6. The molecule has 0 saturated carbocycles. The fourth-order valence-electron chi connectivity index (χ4n) is 7.53. The molecule has 2 aromatic heterocycles. The van der Waals surface area contributed by atoms with E-state index in [2.05, 4.69) is 216 Å². The zero-order chi connectivity index (χ0) is 39.5. The standard InChI is InChI=1S/C54H49N3/c1-37(2)43-28-44(52-35-50(38(3)36-56-52)41-22-14-9-15-23-41)31-47(30-43)57(53-25-17-16-24-49(53)40-20-12-8-13-21-40)48-32-45(29-46(34-48)54(4,5)6)51-33-42(26-27-55-51)39-18-10-7-11-19-39/h7-37H,1-6H3. The zero-order valence-corrected chi connectivity index (χ0v) is 33.7. The van der Waals surface area contributed by atoms with Crippen LogP contribution < -0.4 is 4.90 Å². The lowest BCUT2D eigenvalue weighted by atomic mass is 9.85. The second kappa shape index (κ2) is 15.9. The predicted molar refractivity (Wildman–Crippen MR) is 241 cm³/mol. The number of hydrogen-bond donors (Lipinski definition) is 0. The van der Waals surface area contributed by atoms with E-state index in [0.29, 0.717) is 0 Å². The van der Waals surface area contributed by atoms with E-state index in [0.717, 1.165) is 61.8 Å². The van der Waals surface area contributed by atoms with E-state index in [1.165, 1.54) is 27.8 Å². The predicted octanol–water partition coefficient (Wildman–Crippen LogP) is 15.0. The van der Waals surface area contributed by atoms with Crippen LogP contribution in [0.3, 0.4) is 0 Å². The Morgan fingerprint density at radius 3 is 1.68 bits per heavy atom. The molecular weight excluding hydrogens is 691 g/mol. The third-order valence-corrected chi connectivity index (χ3v) is 10.8. The van der Waals surface area contributed by atoms with Crippen LogP contribution >= 0.6 is 0 Å². The van der Waals surface area contributed by atoms with Gasteiger partial charge in [0.25, 0.3) is 0 Å². The topological polar surface area (TPSA) is 29.0 Å². The molecule has 0 aliphatic rings. The van der Waals surface area contributed by atoms with E-state index in [-0.39, 0.29) is 11.3 Å². The highest BCUT2D eigenvalue weighted by Crippen LogP contribution is 2.45. The molecule has 0 atom stereocenters. The number of anilines is 3. The van der Waals surface area contributed by atoms with Gasteiger partial charge in [0.2, 0.25) is 0 Å². The van der Waals surface area contributed by atoms with Crippen LogP contribution in [0.5, 0.6) is 0 Å². The van der Waals surface area contributed by atoms with Gasteiger partial charge in [-0.15, -0.1) is 0 Å². The molecule has 0 N–H and O–H groups in total. The van der Waals surface area contributed by atoms with Gasteiger partial charge in [0, 0.05) is 40.5 Å². The average molecular weight is 740 g/mol. The SMILES string of the molecule is Cc1cnc(-c2cc(C(C)C)cc(N(c3cc(-c4cc(-c5ccccc5)ccn4)cc(C(C)(C)C)c3)c3ccccc3-c3ccccc3)c2)cc1-c1ccccc1. The molecule has 0 aliphatic heterocycles. The summed E-state index contributed by atoms with van der Waals surface area (Å²) in [4.78, 5) is 12.5. The maximum absolute atomic E-state index is 5.05. The van der Waals surface area contributed by atoms with Gasteiger partial charge in [-0.2, -0.15) is 0 Å². The smallest absolute Gasteiger partial charge is 0.0709 e. The average Bonchev–Trinajstić information content (AvgIpc) is 3.24. The summed E-state index contributed by atoms with van der Waals surface area (Å²) in [5.74, 6) is 0.287. The molecule has 0 radical (unpaired) electrons. The van der Waals surface area contributed by atoms with Crippen molar-refractivity contribution in [3.63, 3.8) is 0 Å². The molecule has 280 valence electrons. The van der Waals surface area contributed by atoms with Gasteiger partial charge in [-0.05, 0) is 123 Å². The molecule has 6 aromatic carbocycles. The molecule has 2 heterocycles. The molecule has 0 saturated heterocycles. The number of aryl methyl sites for hydroxylation is 1. The zero-order valence-electron chi connectivity index (χ0n) is 33.7. The van der Waals surface area contributed by atoms with Gasteiger partial charge in [-0.3, -0.25) is 9.97 Å². The number of para-hydroxylation sites is 1. The number of pyridine rings is 2. The minimum atomic E-state index is -0.128. The highest BCUT2D eigenvalue weighted by atomic mass is 15.1. The number of hydrogen-bond acceptors (Lipinski definition) is 3. The van der Waals surface area contributed by atoms with Gasteiger partial charge in [0.05, 0.1) is 17.1 Å². The Labute approximate surface area is 338 Å². The van der Waals surface area contributed by atoms with Crippen molar-refractivity contribution in [1.82, 2.24) is 9.97 Å². The van der Waals surface area contributed by atoms with Crippen LogP contribution in [0.15, 0.2) is 182 Å². The van der Waals surface area contributed by atoms with Crippen molar-refractivity contribution >= 4 is 17.1 Å². The molecule has 8 rings (SSSR count). The van der Waals surface area contributed by atoms with Crippen molar-refractivity contribution in [3.05, 3.63) is 199 Å². The quantitative estimate of drug-likeness (QED) is 0.148. The first kappa shape index (κ1) is 37.3. The Balaban J connectivity index is 1.39. The van der Waals surface area contributed by atoms with Crippen molar-refractivity contribution in [3.8, 4) is 55.9 Å². The number of nitrogens with zero attached hydrogens (tertiary/aromatic N) is 3. The lowest BCUT2D eigenvalue weighted by Crippen LogP contribution is -2.16. The largest absolute Gasteiger partial charge is 0.310 e. The monoisotopic (exact) mass is 739 g/mol. The molecule has 0 bridgehead atoms. The van der Waals surface area contributed by atoms with Crippen molar-refractivity contribution in [2.75, 3.05) is 4.90 Å². The summed E-state index contributed by atoms with van der Waals surface area (Å²) in [6, 6.07) is 61.2. The molecule has 0 amide bonds. The van der Waals surface area contributed by atoms with E-state index in [4.69, 9.17) is 9.97 Å². The molecule has 0 spiro atoms. The third-order valence-electron chi connectivity index (χ3n) is 10.8. The van der Waals surface area contributed by atoms with E-state index < -0.39 is 0 Å². The first-order valence-corrected chi connectivity index (χ1v) is 19.9. The van der Waals surface area contributed by atoms with E-state index in [1.807, 2.05) is 12.4 Å².